The van der Waals surface area contributed by atoms with Crippen molar-refractivity contribution < 1.29 is 14.3 Å². The van der Waals surface area contributed by atoms with Crippen molar-refractivity contribution in [2.45, 2.75) is 32.7 Å². The third-order valence-electron chi connectivity index (χ3n) is 6.04. The van der Waals surface area contributed by atoms with E-state index in [1.807, 2.05) is 40.0 Å². The van der Waals surface area contributed by atoms with Crippen LogP contribution in [-0.4, -0.2) is 68.2 Å². The number of amides is 2. The van der Waals surface area contributed by atoms with Crippen molar-refractivity contribution in [3.05, 3.63) is 41.5 Å². The van der Waals surface area contributed by atoms with E-state index >= 15 is 0 Å². The number of fused-ring (bicyclic) bond motifs is 1. The number of ether oxygens (including phenoxy) is 1. The number of nitrogens with one attached hydrogen (secondary N) is 5. The SMILES string of the molecule is CNC1Nc2cc(C(=O)Nc3ccc(C=N)c(N)c3)c(N3CCN(C(=O)OC(C)(C)C)CC3)cc2N1. The molecule has 4 rings (SSSR count). The molecule has 2 aliphatic rings. The summed E-state index contributed by atoms with van der Waals surface area (Å²) in [6.07, 6.45) is 0.694. The van der Waals surface area contributed by atoms with Crippen LogP contribution in [0.4, 0.5) is 33.2 Å². The fourth-order valence-corrected chi connectivity index (χ4v) is 4.20. The molecule has 0 radical (unpaired) electrons. The minimum atomic E-state index is -0.553. The maximum Gasteiger partial charge on any atom is 0.410 e. The molecule has 36 heavy (non-hydrogen) atoms. The molecule has 1 fully saturated rings. The van der Waals surface area contributed by atoms with Gasteiger partial charge in [0.05, 0.1) is 22.6 Å². The zero-order valence-corrected chi connectivity index (χ0v) is 21.1. The predicted octanol–water partition coefficient (Wildman–Crippen LogP) is 2.92. The van der Waals surface area contributed by atoms with Crippen LogP contribution in [0.2, 0.25) is 0 Å². The quantitative estimate of drug-likeness (QED) is 0.275. The second-order valence-corrected chi connectivity index (χ2v) is 9.82. The summed E-state index contributed by atoms with van der Waals surface area (Å²) in [6.45, 7) is 7.64. The van der Waals surface area contributed by atoms with Crippen LogP contribution in [0.3, 0.4) is 0 Å². The molecule has 11 nitrogen and oxygen atoms in total. The van der Waals surface area contributed by atoms with Gasteiger partial charge >= 0.3 is 6.09 Å². The highest BCUT2D eigenvalue weighted by Gasteiger charge is 2.30. The van der Waals surface area contributed by atoms with Gasteiger partial charge in [-0.25, -0.2) is 4.79 Å². The van der Waals surface area contributed by atoms with E-state index in [4.69, 9.17) is 15.9 Å². The van der Waals surface area contributed by atoms with Crippen molar-refractivity contribution in [3.63, 3.8) is 0 Å². The molecule has 2 aromatic carbocycles. The van der Waals surface area contributed by atoms with E-state index in [0.29, 0.717) is 48.7 Å². The standard InChI is InChI=1S/C25H34N8O3/c1-25(2,3)36-24(35)33-9-7-32(8-10-33)21-13-20-19(30-23(28-4)31-20)12-17(21)22(34)29-16-6-5-15(14-26)18(27)11-16/h5-6,11-14,23,26,28,30-31H,7-10,27H2,1-4H3,(H,29,34). The average Bonchev–Trinajstić information content (AvgIpc) is 3.25. The van der Waals surface area contributed by atoms with Crippen LogP contribution < -0.4 is 31.9 Å². The smallest absolute Gasteiger partial charge is 0.410 e. The van der Waals surface area contributed by atoms with Crippen LogP contribution in [0.1, 0.15) is 36.7 Å². The summed E-state index contributed by atoms with van der Waals surface area (Å²) in [5.41, 5.74) is 9.95. The molecule has 0 spiro atoms. The molecule has 192 valence electrons. The average molecular weight is 495 g/mol. The maximum absolute atomic E-state index is 13.5. The lowest BCUT2D eigenvalue weighted by Gasteiger charge is -2.37. The first-order chi connectivity index (χ1) is 17.1. The van der Waals surface area contributed by atoms with Crippen molar-refractivity contribution in [3.8, 4) is 0 Å². The molecule has 11 heteroatoms. The molecular weight excluding hydrogens is 460 g/mol. The number of benzene rings is 2. The molecule has 1 unspecified atom stereocenters. The Kier molecular flexibility index (Phi) is 6.93. The highest BCUT2D eigenvalue weighted by Crippen LogP contribution is 2.36. The van der Waals surface area contributed by atoms with Crippen molar-refractivity contribution in [2.75, 3.05) is 59.8 Å². The Morgan fingerprint density at radius 1 is 1.11 bits per heavy atom. The molecule has 0 aliphatic carbocycles. The van der Waals surface area contributed by atoms with Gasteiger partial charge in [0.25, 0.3) is 5.91 Å². The second kappa shape index (κ2) is 9.94. The topological polar surface area (TPSA) is 148 Å². The van der Waals surface area contributed by atoms with E-state index < -0.39 is 5.60 Å². The third kappa shape index (κ3) is 5.46. The lowest BCUT2D eigenvalue weighted by molar-refractivity contribution is 0.0240. The number of hydrogen-bond donors (Lipinski definition) is 6. The summed E-state index contributed by atoms with van der Waals surface area (Å²) in [7, 11) is 1.84. The van der Waals surface area contributed by atoms with Crippen molar-refractivity contribution in [1.29, 1.82) is 5.41 Å². The van der Waals surface area contributed by atoms with Crippen molar-refractivity contribution in [1.82, 2.24) is 10.2 Å². The van der Waals surface area contributed by atoms with E-state index in [0.717, 1.165) is 17.1 Å². The minimum absolute atomic E-state index is 0.149. The Hall–Kier alpha value is -3.99. The van der Waals surface area contributed by atoms with E-state index in [9.17, 15) is 9.59 Å². The molecule has 2 amide bonds. The van der Waals surface area contributed by atoms with Crippen LogP contribution in [0.5, 0.6) is 0 Å². The van der Waals surface area contributed by atoms with Gasteiger partial charge in [0.15, 0.2) is 6.29 Å². The molecule has 2 aliphatic heterocycles. The molecule has 0 bridgehead atoms. The van der Waals surface area contributed by atoms with Gasteiger partial charge in [-0.1, -0.05) is 0 Å². The fraction of sp³-hybridized carbons (Fsp3) is 0.400. The van der Waals surface area contributed by atoms with Gasteiger partial charge in [-0.2, -0.15) is 0 Å². The summed E-state index contributed by atoms with van der Waals surface area (Å²) in [5.74, 6) is -0.279. The largest absolute Gasteiger partial charge is 0.444 e. The van der Waals surface area contributed by atoms with Gasteiger partial charge < -0.3 is 41.6 Å². The lowest BCUT2D eigenvalue weighted by atomic mass is 10.1. The molecule has 1 saturated heterocycles. The van der Waals surface area contributed by atoms with Crippen LogP contribution in [0.25, 0.3) is 0 Å². The molecule has 7 N–H and O–H groups in total. The highest BCUT2D eigenvalue weighted by atomic mass is 16.6. The summed E-state index contributed by atoms with van der Waals surface area (Å²) in [5, 5.41) is 20.1. The van der Waals surface area contributed by atoms with Gasteiger partial charge in [-0.3, -0.25) is 10.1 Å². The minimum Gasteiger partial charge on any atom is -0.444 e. The zero-order chi connectivity index (χ0) is 26.0. The molecule has 2 aromatic rings. The van der Waals surface area contributed by atoms with Gasteiger partial charge in [0.2, 0.25) is 0 Å². The number of rotatable bonds is 5. The molecule has 0 saturated carbocycles. The number of anilines is 5. The van der Waals surface area contributed by atoms with Crippen LogP contribution in [0, 0.1) is 5.41 Å². The zero-order valence-electron chi connectivity index (χ0n) is 21.1. The first-order valence-corrected chi connectivity index (χ1v) is 11.9. The Labute approximate surface area is 210 Å². The normalized spacial score (nSPS) is 17.1. The van der Waals surface area contributed by atoms with Gasteiger partial charge in [0, 0.05) is 49.3 Å². The highest BCUT2D eigenvalue weighted by molar-refractivity contribution is 6.10. The van der Waals surface area contributed by atoms with Crippen LogP contribution in [0.15, 0.2) is 30.3 Å². The van der Waals surface area contributed by atoms with Gasteiger partial charge in [0.1, 0.15) is 5.60 Å². The summed E-state index contributed by atoms with van der Waals surface area (Å²) in [4.78, 5) is 29.8. The van der Waals surface area contributed by atoms with E-state index in [-0.39, 0.29) is 18.3 Å². The van der Waals surface area contributed by atoms with Crippen LogP contribution in [-0.2, 0) is 4.74 Å². The van der Waals surface area contributed by atoms with Crippen molar-refractivity contribution in [2.24, 2.45) is 0 Å². The fourth-order valence-electron chi connectivity index (χ4n) is 4.20. The Balaban J connectivity index is 1.57. The maximum atomic E-state index is 13.5. The number of carbonyl (C=O) groups is 2. The Morgan fingerprint density at radius 2 is 1.78 bits per heavy atom. The lowest BCUT2D eigenvalue weighted by Crippen LogP contribution is -2.50. The number of carbonyl (C=O) groups excluding carboxylic acids is 2. The third-order valence-corrected chi connectivity index (χ3v) is 6.04. The first kappa shape index (κ1) is 25.1. The monoisotopic (exact) mass is 494 g/mol. The summed E-state index contributed by atoms with van der Waals surface area (Å²) in [6, 6.07) is 8.85. The number of nitrogens with two attached hydrogens (primary N) is 1. The van der Waals surface area contributed by atoms with Gasteiger partial charge in [-0.15, -0.1) is 0 Å². The molecular formula is C25H34N8O3. The summed E-state index contributed by atoms with van der Waals surface area (Å²) < 4.78 is 5.51. The van der Waals surface area contributed by atoms with E-state index in [2.05, 4.69) is 26.2 Å². The Bertz CT molecular complexity index is 1170. The Morgan fingerprint density at radius 3 is 2.36 bits per heavy atom. The summed E-state index contributed by atoms with van der Waals surface area (Å²) >= 11 is 0. The first-order valence-electron chi connectivity index (χ1n) is 11.9. The van der Waals surface area contributed by atoms with Crippen molar-refractivity contribution >= 4 is 46.7 Å². The number of nitrogens with zero attached hydrogens (tertiary/aromatic N) is 2. The van der Waals surface area contributed by atoms with Crippen LogP contribution >= 0.6 is 0 Å². The molecule has 0 aromatic heterocycles. The molecule has 1 atom stereocenters. The second-order valence-electron chi connectivity index (χ2n) is 9.82. The number of nitrogen functional groups attached to an aromatic ring is 1. The number of piperazine rings is 1. The molecule has 2 heterocycles. The van der Waals surface area contributed by atoms with Gasteiger partial charge in [-0.05, 0) is 58.2 Å². The predicted molar refractivity (Wildman–Crippen MR) is 143 cm³/mol. The number of hydrogen-bond acceptors (Lipinski definition) is 9. The van der Waals surface area contributed by atoms with E-state index in [1.165, 1.54) is 6.21 Å². The van der Waals surface area contributed by atoms with E-state index in [1.54, 1.807) is 23.1 Å².